The van der Waals surface area contributed by atoms with Crippen LogP contribution in [0.3, 0.4) is 0 Å². The molecule has 132 valence electrons. The maximum absolute atomic E-state index is 6.04. The molecular formula is C16H25N5O3. The molecule has 1 fully saturated rings. The molecular weight excluding hydrogens is 310 g/mol. The summed E-state index contributed by atoms with van der Waals surface area (Å²) < 4.78 is 18.7. The average molecular weight is 335 g/mol. The minimum Gasteiger partial charge on any atom is -0.468 e. The maximum atomic E-state index is 6.04. The number of imidazole rings is 1. The third kappa shape index (κ3) is 3.53. The van der Waals surface area contributed by atoms with Crippen molar-refractivity contribution in [1.82, 2.24) is 19.5 Å². The summed E-state index contributed by atoms with van der Waals surface area (Å²) in [4.78, 5) is 13.1. The van der Waals surface area contributed by atoms with Crippen molar-refractivity contribution in [3.05, 3.63) is 0 Å². The van der Waals surface area contributed by atoms with Crippen LogP contribution >= 0.6 is 0 Å². The number of nitrogens with two attached hydrogens (primary N) is 1. The van der Waals surface area contributed by atoms with Crippen LogP contribution in [0.2, 0.25) is 0 Å². The SMILES string of the molecule is CCCCOc1nc(N)c2nc(OC)n(CC3CCCCO3)c2n1. The van der Waals surface area contributed by atoms with Gasteiger partial charge < -0.3 is 19.9 Å². The molecule has 1 atom stereocenters. The fourth-order valence-electron chi connectivity index (χ4n) is 2.83. The van der Waals surface area contributed by atoms with Crippen molar-refractivity contribution in [3.63, 3.8) is 0 Å². The summed E-state index contributed by atoms with van der Waals surface area (Å²) in [7, 11) is 1.59. The van der Waals surface area contributed by atoms with Crippen molar-refractivity contribution in [2.24, 2.45) is 0 Å². The number of hydrogen-bond acceptors (Lipinski definition) is 7. The lowest BCUT2D eigenvalue weighted by Crippen LogP contribution is -2.24. The first-order valence-corrected chi connectivity index (χ1v) is 8.55. The third-order valence-corrected chi connectivity index (χ3v) is 4.14. The van der Waals surface area contributed by atoms with Crippen LogP contribution in [0.1, 0.15) is 39.0 Å². The summed E-state index contributed by atoms with van der Waals surface area (Å²) in [5, 5.41) is 0. The lowest BCUT2D eigenvalue weighted by atomic mass is 10.1. The van der Waals surface area contributed by atoms with E-state index >= 15 is 0 Å². The van der Waals surface area contributed by atoms with Gasteiger partial charge in [-0.1, -0.05) is 13.3 Å². The molecule has 1 aliphatic rings. The standard InChI is InChI=1S/C16H25N5O3/c1-3-4-8-24-15-19-13(17)12-14(20-15)21(16(18-12)22-2)10-11-7-5-6-9-23-11/h11H,3-10H2,1-2H3,(H2,17,19,20). The highest BCUT2D eigenvalue weighted by molar-refractivity contribution is 5.83. The van der Waals surface area contributed by atoms with E-state index in [0.717, 1.165) is 32.3 Å². The molecule has 0 aliphatic carbocycles. The van der Waals surface area contributed by atoms with Crippen molar-refractivity contribution < 1.29 is 14.2 Å². The van der Waals surface area contributed by atoms with Gasteiger partial charge in [0.15, 0.2) is 17.0 Å². The number of anilines is 1. The zero-order valence-electron chi connectivity index (χ0n) is 14.3. The van der Waals surface area contributed by atoms with Crippen LogP contribution in [-0.2, 0) is 11.3 Å². The van der Waals surface area contributed by atoms with Crippen LogP contribution in [-0.4, -0.2) is 45.9 Å². The first kappa shape index (κ1) is 16.8. The summed E-state index contributed by atoms with van der Waals surface area (Å²) in [5.74, 6) is 0.299. The molecule has 0 amide bonds. The predicted octanol–water partition coefficient (Wildman–Crippen LogP) is 2.17. The van der Waals surface area contributed by atoms with E-state index in [1.807, 2.05) is 4.57 Å². The second kappa shape index (κ2) is 7.65. The van der Waals surface area contributed by atoms with Gasteiger partial charge in [-0.3, -0.25) is 4.57 Å². The number of methoxy groups -OCH3 is 1. The van der Waals surface area contributed by atoms with Gasteiger partial charge in [0.1, 0.15) is 0 Å². The molecule has 0 bridgehead atoms. The van der Waals surface area contributed by atoms with E-state index in [4.69, 9.17) is 19.9 Å². The molecule has 24 heavy (non-hydrogen) atoms. The Morgan fingerprint density at radius 2 is 2.17 bits per heavy atom. The molecule has 0 radical (unpaired) electrons. The number of rotatable bonds is 7. The molecule has 2 aromatic heterocycles. The summed E-state index contributed by atoms with van der Waals surface area (Å²) in [6, 6.07) is 0.743. The number of fused-ring (bicyclic) bond motifs is 1. The Kier molecular flexibility index (Phi) is 5.34. The van der Waals surface area contributed by atoms with Crippen molar-refractivity contribution in [2.75, 3.05) is 26.1 Å². The van der Waals surface area contributed by atoms with Gasteiger partial charge in [-0.05, 0) is 25.7 Å². The molecule has 1 saturated heterocycles. The minimum atomic E-state index is 0.130. The summed E-state index contributed by atoms with van der Waals surface area (Å²) >= 11 is 0. The van der Waals surface area contributed by atoms with Crippen molar-refractivity contribution in [1.29, 1.82) is 0 Å². The van der Waals surface area contributed by atoms with Crippen LogP contribution in [0.25, 0.3) is 11.2 Å². The molecule has 1 aliphatic heterocycles. The number of hydrogen-bond donors (Lipinski definition) is 1. The fraction of sp³-hybridized carbons (Fsp3) is 0.688. The number of unbranched alkanes of at least 4 members (excludes halogenated alkanes) is 1. The van der Waals surface area contributed by atoms with Crippen molar-refractivity contribution in [3.8, 4) is 12.0 Å². The van der Waals surface area contributed by atoms with E-state index in [1.165, 1.54) is 6.42 Å². The highest BCUT2D eigenvalue weighted by Crippen LogP contribution is 2.27. The normalized spacial score (nSPS) is 18.0. The Morgan fingerprint density at radius 3 is 2.88 bits per heavy atom. The summed E-state index contributed by atoms with van der Waals surface area (Å²) in [6.07, 6.45) is 5.42. The largest absolute Gasteiger partial charge is 0.468 e. The molecule has 8 heteroatoms. The van der Waals surface area contributed by atoms with Crippen molar-refractivity contribution in [2.45, 2.75) is 51.7 Å². The lowest BCUT2D eigenvalue weighted by Gasteiger charge is -2.23. The average Bonchev–Trinajstić information content (AvgIpc) is 2.94. The third-order valence-electron chi connectivity index (χ3n) is 4.14. The molecule has 3 heterocycles. The van der Waals surface area contributed by atoms with Crippen LogP contribution in [0.15, 0.2) is 0 Å². The Balaban J connectivity index is 1.92. The lowest BCUT2D eigenvalue weighted by molar-refractivity contribution is 0.00541. The zero-order chi connectivity index (χ0) is 16.9. The smallest absolute Gasteiger partial charge is 0.320 e. The van der Waals surface area contributed by atoms with E-state index in [-0.39, 0.29) is 12.1 Å². The van der Waals surface area contributed by atoms with E-state index < -0.39 is 0 Å². The van der Waals surface area contributed by atoms with Gasteiger partial charge in [-0.15, -0.1) is 0 Å². The molecule has 8 nitrogen and oxygen atoms in total. The maximum Gasteiger partial charge on any atom is 0.320 e. The molecule has 2 N–H and O–H groups in total. The van der Waals surface area contributed by atoms with Gasteiger partial charge >= 0.3 is 6.01 Å². The second-order valence-electron chi connectivity index (χ2n) is 5.96. The minimum absolute atomic E-state index is 0.130. The topological polar surface area (TPSA) is 97.3 Å². The van der Waals surface area contributed by atoms with Crippen LogP contribution in [0.4, 0.5) is 5.82 Å². The van der Waals surface area contributed by atoms with E-state index in [1.54, 1.807) is 7.11 Å². The quantitative estimate of drug-likeness (QED) is 0.774. The second-order valence-corrected chi connectivity index (χ2v) is 5.96. The Bertz CT molecular complexity index is 682. The highest BCUT2D eigenvalue weighted by atomic mass is 16.5. The van der Waals surface area contributed by atoms with Crippen LogP contribution in [0.5, 0.6) is 12.0 Å². The van der Waals surface area contributed by atoms with Gasteiger partial charge in [-0.25, -0.2) is 0 Å². The van der Waals surface area contributed by atoms with Crippen LogP contribution < -0.4 is 15.2 Å². The summed E-state index contributed by atoms with van der Waals surface area (Å²) in [5.41, 5.74) is 7.20. The molecule has 0 aromatic carbocycles. The number of nitrogen functional groups attached to an aromatic ring is 1. The molecule has 0 spiro atoms. The molecule has 2 aromatic rings. The molecule has 3 rings (SSSR count). The van der Waals surface area contributed by atoms with E-state index in [9.17, 15) is 0 Å². The fourth-order valence-corrected chi connectivity index (χ4v) is 2.83. The van der Waals surface area contributed by atoms with Gasteiger partial charge in [0.25, 0.3) is 6.01 Å². The molecule has 1 unspecified atom stereocenters. The zero-order valence-corrected chi connectivity index (χ0v) is 14.3. The highest BCUT2D eigenvalue weighted by Gasteiger charge is 2.22. The predicted molar refractivity (Wildman–Crippen MR) is 90.3 cm³/mol. The van der Waals surface area contributed by atoms with Crippen molar-refractivity contribution >= 4 is 17.0 Å². The van der Waals surface area contributed by atoms with E-state index in [2.05, 4.69) is 21.9 Å². The Hall–Kier alpha value is -2.09. The van der Waals surface area contributed by atoms with Gasteiger partial charge in [-0.2, -0.15) is 15.0 Å². The van der Waals surface area contributed by atoms with Gasteiger partial charge in [0, 0.05) is 6.61 Å². The number of aromatic nitrogens is 4. The summed E-state index contributed by atoms with van der Waals surface area (Å²) in [6.45, 7) is 4.09. The Labute approximate surface area is 141 Å². The first-order chi connectivity index (χ1) is 11.7. The van der Waals surface area contributed by atoms with Gasteiger partial charge in [0.2, 0.25) is 0 Å². The van der Waals surface area contributed by atoms with Gasteiger partial charge in [0.05, 0.1) is 26.4 Å². The van der Waals surface area contributed by atoms with Crippen LogP contribution in [0, 0.1) is 0 Å². The van der Waals surface area contributed by atoms with E-state index in [0.29, 0.717) is 36.1 Å². The number of ether oxygens (including phenoxy) is 3. The number of nitrogens with zero attached hydrogens (tertiary/aromatic N) is 4. The molecule has 0 saturated carbocycles. The monoisotopic (exact) mass is 335 g/mol. The Morgan fingerprint density at radius 1 is 1.29 bits per heavy atom. The first-order valence-electron chi connectivity index (χ1n) is 8.55.